The number of benzene rings is 2. The lowest BCUT2D eigenvalue weighted by molar-refractivity contribution is 0.0654. The van der Waals surface area contributed by atoms with Gasteiger partial charge in [-0.3, -0.25) is 14.5 Å². The van der Waals surface area contributed by atoms with Gasteiger partial charge in [0, 0.05) is 24.7 Å². The third-order valence-electron chi connectivity index (χ3n) is 4.29. The molecule has 4 nitrogen and oxygen atoms in total. The van der Waals surface area contributed by atoms with Crippen LogP contribution in [0.15, 0.2) is 48.5 Å². The predicted octanol–water partition coefficient (Wildman–Crippen LogP) is 3.16. The molecule has 5 heteroatoms. The van der Waals surface area contributed by atoms with Gasteiger partial charge in [-0.25, -0.2) is 4.39 Å². The summed E-state index contributed by atoms with van der Waals surface area (Å²) in [6.45, 7) is 2.64. The van der Waals surface area contributed by atoms with E-state index in [1.807, 2.05) is 6.92 Å². The van der Waals surface area contributed by atoms with Crippen LogP contribution < -0.4 is 5.32 Å². The van der Waals surface area contributed by atoms with E-state index < -0.39 is 0 Å². The standard InChI is InChI=1S/C19H19FN2O2/c1-2-17(15-9-5-6-10-16(15)20)21-11-12-22-18(23)13-7-3-4-8-14(13)19(22)24/h3-10,17,21H,2,11-12H2,1H3/t17-/m1/s1. The van der Waals surface area contributed by atoms with E-state index >= 15 is 0 Å². The van der Waals surface area contributed by atoms with Crippen LogP contribution in [-0.2, 0) is 0 Å². The molecule has 3 rings (SSSR count). The van der Waals surface area contributed by atoms with Gasteiger partial charge in [-0.1, -0.05) is 37.3 Å². The molecule has 1 aliphatic heterocycles. The molecule has 0 saturated carbocycles. The van der Waals surface area contributed by atoms with Gasteiger partial charge in [0.1, 0.15) is 5.82 Å². The second-order valence-electron chi connectivity index (χ2n) is 5.74. The normalized spacial score (nSPS) is 14.8. The van der Waals surface area contributed by atoms with Crippen molar-refractivity contribution in [2.45, 2.75) is 19.4 Å². The Balaban J connectivity index is 1.64. The van der Waals surface area contributed by atoms with Crippen molar-refractivity contribution in [2.75, 3.05) is 13.1 Å². The third kappa shape index (κ3) is 2.95. The maximum atomic E-state index is 13.9. The summed E-state index contributed by atoms with van der Waals surface area (Å²) in [5.74, 6) is -0.787. The summed E-state index contributed by atoms with van der Waals surface area (Å²) < 4.78 is 13.9. The van der Waals surface area contributed by atoms with Crippen molar-refractivity contribution in [3.8, 4) is 0 Å². The largest absolute Gasteiger partial charge is 0.308 e. The Hall–Kier alpha value is -2.53. The van der Waals surface area contributed by atoms with Crippen LogP contribution in [0.4, 0.5) is 4.39 Å². The van der Waals surface area contributed by atoms with Gasteiger partial charge in [-0.05, 0) is 24.6 Å². The number of imide groups is 1. The van der Waals surface area contributed by atoms with Crippen LogP contribution in [0.2, 0.25) is 0 Å². The molecule has 1 heterocycles. The van der Waals surface area contributed by atoms with E-state index in [1.54, 1.807) is 42.5 Å². The number of hydrogen-bond donors (Lipinski definition) is 1. The summed E-state index contributed by atoms with van der Waals surface area (Å²) in [5.41, 5.74) is 1.50. The molecule has 124 valence electrons. The summed E-state index contributed by atoms with van der Waals surface area (Å²) in [7, 11) is 0. The van der Waals surface area contributed by atoms with E-state index in [0.29, 0.717) is 29.7 Å². The third-order valence-corrected chi connectivity index (χ3v) is 4.29. The highest BCUT2D eigenvalue weighted by Crippen LogP contribution is 2.23. The number of hydrogen-bond acceptors (Lipinski definition) is 3. The highest BCUT2D eigenvalue weighted by atomic mass is 19.1. The van der Waals surface area contributed by atoms with Gasteiger partial charge in [-0.15, -0.1) is 0 Å². The Bertz CT molecular complexity index is 740. The lowest BCUT2D eigenvalue weighted by Crippen LogP contribution is -2.37. The summed E-state index contributed by atoms with van der Waals surface area (Å²) in [4.78, 5) is 25.8. The maximum Gasteiger partial charge on any atom is 0.261 e. The summed E-state index contributed by atoms with van der Waals surface area (Å²) in [6, 6.07) is 13.3. The lowest BCUT2D eigenvalue weighted by Gasteiger charge is -2.20. The van der Waals surface area contributed by atoms with Gasteiger partial charge in [0.2, 0.25) is 0 Å². The van der Waals surface area contributed by atoms with Gasteiger partial charge in [0.05, 0.1) is 11.1 Å². The number of fused-ring (bicyclic) bond motifs is 1. The zero-order valence-electron chi connectivity index (χ0n) is 13.5. The predicted molar refractivity (Wildman–Crippen MR) is 89.2 cm³/mol. The van der Waals surface area contributed by atoms with Crippen molar-refractivity contribution in [2.24, 2.45) is 0 Å². The van der Waals surface area contributed by atoms with E-state index in [2.05, 4.69) is 5.32 Å². The molecule has 1 N–H and O–H groups in total. The van der Waals surface area contributed by atoms with Crippen LogP contribution in [0.5, 0.6) is 0 Å². The maximum absolute atomic E-state index is 13.9. The van der Waals surface area contributed by atoms with Crippen LogP contribution in [-0.4, -0.2) is 29.8 Å². The molecule has 1 atom stereocenters. The first-order valence-electron chi connectivity index (χ1n) is 8.06. The number of nitrogens with zero attached hydrogens (tertiary/aromatic N) is 1. The Labute approximate surface area is 140 Å². The van der Waals surface area contributed by atoms with Crippen molar-refractivity contribution < 1.29 is 14.0 Å². The molecular weight excluding hydrogens is 307 g/mol. The molecule has 1 aliphatic rings. The molecule has 2 amide bonds. The average molecular weight is 326 g/mol. The molecule has 0 unspecified atom stereocenters. The van der Waals surface area contributed by atoms with E-state index in [-0.39, 0.29) is 30.2 Å². The van der Waals surface area contributed by atoms with Gasteiger partial charge < -0.3 is 5.32 Å². The minimum absolute atomic E-state index is 0.151. The summed E-state index contributed by atoms with van der Waals surface area (Å²) >= 11 is 0. The average Bonchev–Trinajstić information content (AvgIpc) is 2.85. The number of halogens is 1. The van der Waals surface area contributed by atoms with Gasteiger partial charge in [0.25, 0.3) is 11.8 Å². The molecule has 0 spiro atoms. The number of carbonyl (C=O) groups excluding carboxylic acids is 2. The van der Waals surface area contributed by atoms with Crippen molar-refractivity contribution in [3.63, 3.8) is 0 Å². The van der Waals surface area contributed by atoms with Crippen molar-refractivity contribution >= 4 is 11.8 Å². The molecule has 24 heavy (non-hydrogen) atoms. The fourth-order valence-electron chi connectivity index (χ4n) is 3.02. The first-order valence-corrected chi connectivity index (χ1v) is 8.06. The molecule has 0 radical (unpaired) electrons. The first-order chi connectivity index (χ1) is 11.6. The monoisotopic (exact) mass is 326 g/mol. The highest BCUT2D eigenvalue weighted by molar-refractivity contribution is 6.21. The van der Waals surface area contributed by atoms with Gasteiger partial charge in [-0.2, -0.15) is 0 Å². The molecular formula is C19H19FN2O2. The summed E-state index contributed by atoms with van der Waals surface area (Å²) in [6.07, 6.45) is 0.711. The minimum atomic E-state index is -0.267. The fraction of sp³-hybridized carbons (Fsp3) is 0.263. The lowest BCUT2D eigenvalue weighted by atomic mass is 10.0. The Kier molecular flexibility index (Phi) is 4.71. The van der Waals surface area contributed by atoms with E-state index in [0.717, 1.165) is 0 Å². The molecule has 0 aliphatic carbocycles. The molecule has 2 aromatic rings. The molecule has 0 fully saturated rings. The highest BCUT2D eigenvalue weighted by Gasteiger charge is 2.34. The summed E-state index contributed by atoms with van der Waals surface area (Å²) in [5, 5.41) is 3.24. The van der Waals surface area contributed by atoms with Gasteiger partial charge >= 0.3 is 0 Å². The molecule has 0 aromatic heterocycles. The molecule has 0 bridgehead atoms. The second-order valence-corrected chi connectivity index (χ2v) is 5.74. The first kappa shape index (κ1) is 16.3. The SMILES string of the molecule is CC[C@@H](NCCN1C(=O)c2ccccc2C1=O)c1ccccc1F. The minimum Gasteiger partial charge on any atom is -0.308 e. The number of rotatable bonds is 6. The van der Waals surface area contributed by atoms with Crippen molar-refractivity contribution in [1.82, 2.24) is 10.2 Å². The number of amides is 2. The zero-order chi connectivity index (χ0) is 17.1. The second kappa shape index (κ2) is 6.93. The van der Waals surface area contributed by atoms with E-state index in [4.69, 9.17) is 0 Å². The smallest absolute Gasteiger partial charge is 0.261 e. The Morgan fingerprint density at radius 1 is 1.00 bits per heavy atom. The van der Waals surface area contributed by atoms with Crippen LogP contribution in [0, 0.1) is 5.82 Å². The van der Waals surface area contributed by atoms with Crippen LogP contribution in [0.25, 0.3) is 0 Å². The topological polar surface area (TPSA) is 49.4 Å². The molecule has 2 aromatic carbocycles. The Morgan fingerprint density at radius 2 is 1.58 bits per heavy atom. The van der Waals surface area contributed by atoms with Crippen molar-refractivity contribution in [1.29, 1.82) is 0 Å². The number of nitrogens with one attached hydrogen (secondary N) is 1. The van der Waals surface area contributed by atoms with Crippen LogP contribution in [0.1, 0.15) is 45.7 Å². The van der Waals surface area contributed by atoms with Crippen molar-refractivity contribution in [3.05, 3.63) is 71.0 Å². The zero-order valence-corrected chi connectivity index (χ0v) is 13.5. The van der Waals surface area contributed by atoms with E-state index in [9.17, 15) is 14.0 Å². The number of carbonyl (C=O) groups is 2. The Morgan fingerprint density at radius 3 is 2.17 bits per heavy atom. The molecule has 0 saturated heterocycles. The van der Waals surface area contributed by atoms with Crippen LogP contribution >= 0.6 is 0 Å². The van der Waals surface area contributed by atoms with Crippen LogP contribution in [0.3, 0.4) is 0 Å². The van der Waals surface area contributed by atoms with E-state index in [1.165, 1.54) is 11.0 Å². The fourth-order valence-corrected chi connectivity index (χ4v) is 3.02. The quantitative estimate of drug-likeness (QED) is 0.830. The van der Waals surface area contributed by atoms with Gasteiger partial charge in [0.15, 0.2) is 0 Å².